The van der Waals surface area contributed by atoms with Crippen LogP contribution in [0.5, 0.6) is 0 Å². The van der Waals surface area contributed by atoms with Crippen molar-refractivity contribution in [3.8, 4) is 12.3 Å². The number of carbonyl (C=O) groups is 1. The number of carbonyl (C=O) groups excluding carboxylic acids is 1. The number of rotatable bonds is 4. The average molecular weight is 374 g/mol. The predicted octanol–water partition coefficient (Wildman–Crippen LogP) is 3.43. The van der Waals surface area contributed by atoms with Crippen LogP contribution in [0, 0.1) is 21.8 Å². The van der Waals surface area contributed by atoms with Crippen LogP contribution in [0.25, 0.3) is 0 Å². The van der Waals surface area contributed by atoms with Gasteiger partial charge >= 0.3 is 0 Å². The zero-order valence-corrected chi connectivity index (χ0v) is 12.7. The van der Waals surface area contributed by atoms with Gasteiger partial charge in [0.25, 0.3) is 5.91 Å². The largest absolute Gasteiger partial charge is 0.327 e. The van der Waals surface area contributed by atoms with Crippen LogP contribution in [-0.2, 0) is 0 Å². The van der Waals surface area contributed by atoms with E-state index in [2.05, 4.69) is 28.5 Å². The maximum Gasteiger partial charge on any atom is 0.255 e. The van der Waals surface area contributed by atoms with E-state index in [9.17, 15) is 4.79 Å². The number of benzene rings is 1. The lowest BCUT2D eigenvalue weighted by Gasteiger charge is -2.20. The van der Waals surface area contributed by atoms with Gasteiger partial charge in [0, 0.05) is 15.1 Å². The van der Waals surface area contributed by atoms with Gasteiger partial charge in [-0.15, -0.1) is 6.42 Å². The summed E-state index contributed by atoms with van der Waals surface area (Å²) in [5.74, 6) is 3.16. The molecule has 1 aromatic rings. The van der Waals surface area contributed by atoms with E-state index in [0.717, 1.165) is 10.1 Å². The molecule has 18 heavy (non-hydrogen) atoms. The molecule has 0 heterocycles. The van der Waals surface area contributed by atoms with Gasteiger partial charge in [0.2, 0.25) is 0 Å². The fourth-order valence-corrected chi connectivity index (χ4v) is 2.51. The maximum absolute atomic E-state index is 12.4. The zero-order chi connectivity index (χ0) is 13.1. The molecule has 0 radical (unpaired) electrons. The minimum absolute atomic E-state index is 0.0215. The standard InChI is InChI=1S/C14H13ClINO/c1-2-7-17(9-10-3-4-10)14(18)12-8-11(15)5-6-13(12)16/h1,5-6,8,10H,3-4,7,9H2. The molecular formula is C14H13ClINO. The van der Waals surface area contributed by atoms with Gasteiger partial charge in [-0.1, -0.05) is 17.5 Å². The topological polar surface area (TPSA) is 20.3 Å². The second-order valence-corrected chi connectivity index (χ2v) is 6.06. The molecule has 1 aliphatic carbocycles. The van der Waals surface area contributed by atoms with Crippen molar-refractivity contribution in [1.82, 2.24) is 4.90 Å². The molecule has 0 spiro atoms. The van der Waals surface area contributed by atoms with Gasteiger partial charge < -0.3 is 4.90 Å². The molecule has 94 valence electrons. The Morgan fingerprint density at radius 2 is 2.28 bits per heavy atom. The molecule has 4 heteroatoms. The minimum atomic E-state index is -0.0215. The second-order valence-electron chi connectivity index (χ2n) is 4.46. The molecule has 1 amide bonds. The van der Waals surface area contributed by atoms with E-state index in [4.69, 9.17) is 18.0 Å². The Morgan fingerprint density at radius 3 is 2.89 bits per heavy atom. The molecule has 0 atom stereocenters. The molecule has 0 bridgehead atoms. The molecule has 0 aromatic heterocycles. The fourth-order valence-electron chi connectivity index (χ4n) is 1.77. The summed E-state index contributed by atoms with van der Waals surface area (Å²) in [6, 6.07) is 5.34. The van der Waals surface area contributed by atoms with Crippen LogP contribution in [0.15, 0.2) is 18.2 Å². The van der Waals surface area contributed by atoms with Crippen LogP contribution in [0.2, 0.25) is 5.02 Å². The first kappa shape index (κ1) is 13.7. The number of amides is 1. The van der Waals surface area contributed by atoms with E-state index >= 15 is 0 Å². The number of hydrogen-bond donors (Lipinski definition) is 0. The molecule has 0 aliphatic heterocycles. The third-order valence-corrected chi connectivity index (χ3v) is 4.08. The number of nitrogens with zero attached hydrogens (tertiary/aromatic N) is 1. The monoisotopic (exact) mass is 373 g/mol. The summed E-state index contributed by atoms with van der Waals surface area (Å²) < 4.78 is 0.903. The summed E-state index contributed by atoms with van der Waals surface area (Å²) in [5.41, 5.74) is 0.638. The SMILES string of the molecule is C#CCN(CC1CC1)C(=O)c1cc(Cl)ccc1I. The lowest BCUT2D eigenvalue weighted by Crippen LogP contribution is -2.33. The minimum Gasteiger partial charge on any atom is -0.327 e. The zero-order valence-electron chi connectivity index (χ0n) is 9.83. The van der Waals surface area contributed by atoms with E-state index < -0.39 is 0 Å². The Hall–Kier alpha value is -0.730. The summed E-state index contributed by atoms with van der Waals surface area (Å²) in [4.78, 5) is 14.2. The van der Waals surface area contributed by atoms with Crippen LogP contribution < -0.4 is 0 Å². The van der Waals surface area contributed by atoms with E-state index in [0.29, 0.717) is 23.0 Å². The normalized spacial score (nSPS) is 14.1. The van der Waals surface area contributed by atoms with Crippen molar-refractivity contribution >= 4 is 40.1 Å². The molecule has 0 saturated heterocycles. The first-order valence-electron chi connectivity index (χ1n) is 5.79. The summed E-state index contributed by atoms with van der Waals surface area (Å²) >= 11 is 8.09. The predicted molar refractivity (Wildman–Crippen MR) is 81.6 cm³/mol. The molecule has 1 aliphatic rings. The van der Waals surface area contributed by atoms with Crippen molar-refractivity contribution in [1.29, 1.82) is 0 Å². The quantitative estimate of drug-likeness (QED) is 0.585. The summed E-state index contributed by atoms with van der Waals surface area (Å²) in [7, 11) is 0. The molecule has 1 saturated carbocycles. The number of terminal acetylenes is 1. The van der Waals surface area contributed by atoms with Crippen molar-refractivity contribution in [3.05, 3.63) is 32.4 Å². The van der Waals surface area contributed by atoms with Gasteiger partial charge in [-0.3, -0.25) is 4.79 Å². The highest BCUT2D eigenvalue weighted by Crippen LogP contribution is 2.30. The lowest BCUT2D eigenvalue weighted by molar-refractivity contribution is 0.0768. The van der Waals surface area contributed by atoms with Crippen LogP contribution in [0.3, 0.4) is 0 Å². The molecular weight excluding hydrogens is 361 g/mol. The number of halogens is 2. The van der Waals surface area contributed by atoms with Crippen LogP contribution in [0.4, 0.5) is 0 Å². The molecule has 0 N–H and O–H groups in total. The van der Waals surface area contributed by atoms with Gasteiger partial charge in [-0.05, 0) is 59.5 Å². The third-order valence-electron chi connectivity index (χ3n) is 2.90. The lowest BCUT2D eigenvalue weighted by atomic mass is 10.2. The highest BCUT2D eigenvalue weighted by molar-refractivity contribution is 14.1. The van der Waals surface area contributed by atoms with E-state index in [1.165, 1.54) is 12.8 Å². The summed E-state index contributed by atoms with van der Waals surface area (Å²) in [5, 5.41) is 0.575. The van der Waals surface area contributed by atoms with Crippen molar-refractivity contribution in [2.45, 2.75) is 12.8 Å². The highest BCUT2D eigenvalue weighted by atomic mass is 127. The Bertz CT molecular complexity index is 505. The van der Waals surface area contributed by atoms with Crippen LogP contribution in [0.1, 0.15) is 23.2 Å². The van der Waals surface area contributed by atoms with Crippen molar-refractivity contribution in [3.63, 3.8) is 0 Å². The van der Waals surface area contributed by atoms with E-state index in [1.54, 1.807) is 17.0 Å². The smallest absolute Gasteiger partial charge is 0.255 e. The maximum atomic E-state index is 12.4. The first-order valence-corrected chi connectivity index (χ1v) is 7.25. The number of hydrogen-bond acceptors (Lipinski definition) is 1. The van der Waals surface area contributed by atoms with Gasteiger partial charge in [0.15, 0.2) is 0 Å². The van der Waals surface area contributed by atoms with E-state index in [-0.39, 0.29) is 5.91 Å². The van der Waals surface area contributed by atoms with Gasteiger partial charge in [0.05, 0.1) is 12.1 Å². The van der Waals surface area contributed by atoms with Gasteiger partial charge in [-0.2, -0.15) is 0 Å². The molecule has 2 rings (SSSR count). The Morgan fingerprint density at radius 1 is 1.56 bits per heavy atom. The summed E-state index contributed by atoms with van der Waals surface area (Å²) in [6.45, 7) is 1.11. The summed E-state index contributed by atoms with van der Waals surface area (Å²) in [6.07, 6.45) is 7.73. The fraction of sp³-hybridized carbons (Fsp3) is 0.357. The van der Waals surface area contributed by atoms with Crippen LogP contribution >= 0.6 is 34.2 Å². The van der Waals surface area contributed by atoms with Crippen molar-refractivity contribution < 1.29 is 4.79 Å². The first-order chi connectivity index (χ1) is 8.61. The van der Waals surface area contributed by atoms with E-state index in [1.807, 2.05) is 6.07 Å². The Kier molecular flexibility index (Phi) is 4.52. The van der Waals surface area contributed by atoms with Crippen molar-refractivity contribution in [2.24, 2.45) is 5.92 Å². The van der Waals surface area contributed by atoms with Crippen molar-refractivity contribution in [2.75, 3.05) is 13.1 Å². The Labute approximate surface area is 126 Å². The van der Waals surface area contributed by atoms with Gasteiger partial charge in [-0.25, -0.2) is 0 Å². The third kappa shape index (κ3) is 3.39. The second kappa shape index (κ2) is 5.94. The molecule has 2 nitrogen and oxygen atoms in total. The average Bonchev–Trinajstić information content (AvgIpc) is 3.15. The van der Waals surface area contributed by atoms with Crippen LogP contribution in [-0.4, -0.2) is 23.9 Å². The highest BCUT2D eigenvalue weighted by Gasteiger charge is 2.27. The van der Waals surface area contributed by atoms with Gasteiger partial charge in [0.1, 0.15) is 0 Å². The Balaban J connectivity index is 2.20. The molecule has 1 aromatic carbocycles. The molecule has 1 fully saturated rings. The molecule has 0 unspecified atom stereocenters.